The van der Waals surface area contributed by atoms with E-state index in [0.717, 1.165) is 29.4 Å². The van der Waals surface area contributed by atoms with Gasteiger partial charge < -0.3 is 15.2 Å². The van der Waals surface area contributed by atoms with Crippen molar-refractivity contribution >= 4 is 27.4 Å². The van der Waals surface area contributed by atoms with Crippen LogP contribution in [0.3, 0.4) is 0 Å². The molecule has 124 valence electrons. The number of ether oxygens (including phenoxy) is 1. The number of rotatable bonds is 3. The van der Waals surface area contributed by atoms with Gasteiger partial charge in [0.25, 0.3) is 0 Å². The first-order valence-electron chi connectivity index (χ1n) is 7.76. The second-order valence-corrected chi connectivity index (χ2v) is 6.64. The molecule has 0 aliphatic carbocycles. The highest BCUT2D eigenvalue weighted by molar-refractivity contribution is 9.10. The van der Waals surface area contributed by atoms with E-state index >= 15 is 0 Å². The average molecular weight is 390 g/mol. The number of halogens is 1. The predicted octanol–water partition coefficient (Wildman–Crippen LogP) is 2.85. The van der Waals surface area contributed by atoms with Crippen LogP contribution in [0.4, 0.5) is 5.95 Å². The van der Waals surface area contributed by atoms with E-state index in [0.29, 0.717) is 23.8 Å². The Morgan fingerprint density at radius 3 is 3.00 bits per heavy atom. The molecule has 1 atom stereocenters. The lowest BCUT2D eigenvalue weighted by Gasteiger charge is -2.23. The molecule has 2 N–H and O–H groups in total. The van der Waals surface area contributed by atoms with Crippen molar-refractivity contribution in [2.45, 2.75) is 18.9 Å². The van der Waals surface area contributed by atoms with Crippen LogP contribution in [-0.4, -0.2) is 44.2 Å². The van der Waals surface area contributed by atoms with Crippen LogP contribution < -0.4 is 5.32 Å². The molecule has 1 aromatic carbocycles. The Labute approximate surface area is 146 Å². The van der Waals surface area contributed by atoms with E-state index < -0.39 is 0 Å². The molecule has 0 radical (unpaired) electrons. The summed E-state index contributed by atoms with van der Waals surface area (Å²) in [6, 6.07) is 7.35. The van der Waals surface area contributed by atoms with E-state index in [1.54, 1.807) is 22.8 Å². The Bertz CT molecular complexity index is 876. The number of hydrogen-bond donors (Lipinski definition) is 2. The molecule has 7 nitrogen and oxygen atoms in total. The van der Waals surface area contributed by atoms with Gasteiger partial charge in [-0.2, -0.15) is 9.61 Å². The number of phenolic OH excluding ortho intramolecular Hbond substituents is 1. The molecule has 1 fully saturated rings. The minimum absolute atomic E-state index is 0.142. The minimum Gasteiger partial charge on any atom is -0.507 e. The first-order chi connectivity index (χ1) is 11.7. The van der Waals surface area contributed by atoms with Gasteiger partial charge in [-0.25, -0.2) is 0 Å². The van der Waals surface area contributed by atoms with E-state index in [4.69, 9.17) is 4.74 Å². The van der Waals surface area contributed by atoms with E-state index in [1.807, 2.05) is 12.1 Å². The highest BCUT2D eigenvalue weighted by Gasteiger charge is 2.19. The predicted molar refractivity (Wildman–Crippen MR) is 93.0 cm³/mol. The molecule has 24 heavy (non-hydrogen) atoms. The van der Waals surface area contributed by atoms with Gasteiger partial charge in [0.05, 0.1) is 24.4 Å². The van der Waals surface area contributed by atoms with Crippen LogP contribution >= 0.6 is 15.9 Å². The fraction of sp³-hybridized carbons (Fsp3) is 0.312. The topological polar surface area (TPSA) is 84.6 Å². The van der Waals surface area contributed by atoms with E-state index in [9.17, 15) is 5.11 Å². The Morgan fingerprint density at radius 2 is 2.21 bits per heavy atom. The minimum atomic E-state index is 0.142. The van der Waals surface area contributed by atoms with Crippen molar-refractivity contribution in [2.75, 3.05) is 18.5 Å². The summed E-state index contributed by atoms with van der Waals surface area (Å²) < 4.78 is 8.00. The molecule has 8 heteroatoms. The van der Waals surface area contributed by atoms with Gasteiger partial charge in [-0.05, 0) is 37.1 Å². The Hall–Kier alpha value is -2.19. The number of nitrogens with one attached hydrogen (secondary N) is 1. The normalized spacial score (nSPS) is 18.0. The number of hydrogen-bond acceptors (Lipinski definition) is 6. The molecule has 4 rings (SSSR count). The summed E-state index contributed by atoms with van der Waals surface area (Å²) in [6.45, 7) is 1.46. The monoisotopic (exact) mass is 389 g/mol. The van der Waals surface area contributed by atoms with Crippen LogP contribution in [0.15, 0.2) is 34.9 Å². The molecule has 1 aliphatic heterocycles. The average Bonchev–Trinajstić information content (AvgIpc) is 3.07. The molecule has 1 aliphatic rings. The van der Waals surface area contributed by atoms with Crippen LogP contribution in [0.25, 0.3) is 16.8 Å². The molecule has 3 heterocycles. The standard InChI is InChI=1S/C16H16BrN5O2/c17-10-3-4-12(14(23)8-10)15-13-5-6-18-22(13)16(21-20-15)19-11-2-1-7-24-9-11/h3-6,8,11,23H,1-2,7,9H2,(H,19,21). The van der Waals surface area contributed by atoms with Crippen molar-refractivity contribution in [1.82, 2.24) is 19.8 Å². The first-order valence-corrected chi connectivity index (χ1v) is 8.55. The van der Waals surface area contributed by atoms with Crippen LogP contribution in [0.1, 0.15) is 12.8 Å². The van der Waals surface area contributed by atoms with Crippen molar-refractivity contribution in [1.29, 1.82) is 0 Å². The van der Waals surface area contributed by atoms with Crippen LogP contribution in [0.2, 0.25) is 0 Å². The van der Waals surface area contributed by atoms with Crippen molar-refractivity contribution in [2.24, 2.45) is 0 Å². The zero-order valence-corrected chi connectivity index (χ0v) is 14.4. The molecular formula is C16H16BrN5O2. The van der Waals surface area contributed by atoms with E-state index in [1.165, 1.54) is 0 Å². The Kier molecular flexibility index (Phi) is 4.07. The Balaban J connectivity index is 1.74. The molecule has 3 aromatic rings. The molecule has 0 spiro atoms. The Morgan fingerprint density at radius 1 is 1.29 bits per heavy atom. The van der Waals surface area contributed by atoms with Gasteiger partial charge in [0.1, 0.15) is 11.4 Å². The second-order valence-electron chi connectivity index (χ2n) is 5.72. The summed E-state index contributed by atoms with van der Waals surface area (Å²) in [5.41, 5.74) is 1.98. The second kappa shape index (κ2) is 6.37. The van der Waals surface area contributed by atoms with Crippen LogP contribution in [-0.2, 0) is 4.74 Å². The number of benzene rings is 1. The summed E-state index contributed by atoms with van der Waals surface area (Å²) in [5, 5.41) is 26.5. The third-order valence-corrected chi connectivity index (χ3v) is 4.53. The fourth-order valence-corrected chi connectivity index (χ4v) is 3.22. The number of anilines is 1. The number of fused-ring (bicyclic) bond motifs is 1. The highest BCUT2D eigenvalue weighted by atomic mass is 79.9. The van der Waals surface area contributed by atoms with Crippen LogP contribution in [0.5, 0.6) is 5.75 Å². The number of nitrogens with zero attached hydrogens (tertiary/aromatic N) is 4. The van der Waals surface area contributed by atoms with Gasteiger partial charge in [-0.3, -0.25) is 0 Å². The molecule has 2 aromatic heterocycles. The van der Waals surface area contributed by atoms with Crippen molar-refractivity contribution < 1.29 is 9.84 Å². The summed E-state index contributed by atoms with van der Waals surface area (Å²) in [7, 11) is 0. The van der Waals surface area contributed by atoms with Crippen molar-refractivity contribution in [3.8, 4) is 17.0 Å². The maximum atomic E-state index is 10.2. The smallest absolute Gasteiger partial charge is 0.244 e. The third kappa shape index (κ3) is 2.83. The fourth-order valence-electron chi connectivity index (χ4n) is 2.87. The van der Waals surface area contributed by atoms with Crippen LogP contribution in [0, 0.1) is 0 Å². The molecule has 0 amide bonds. The first kappa shape index (κ1) is 15.3. The molecule has 0 saturated carbocycles. The van der Waals surface area contributed by atoms with E-state index in [2.05, 4.69) is 36.5 Å². The lowest BCUT2D eigenvalue weighted by atomic mass is 10.1. The SMILES string of the molecule is Oc1cc(Br)ccc1-c1nnc(NC2CCCOC2)n2nccc12. The molecular weight excluding hydrogens is 374 g/mol. The van der Waals surface area contributed by atoms with E-state index in [-0.39, 0.29) is 11.8 Å². The third-order valence-electron chi connectivity index (χ3n) is 4.04. The zero-order valence-electron chi connectivity index (χ0n) is 12.8. The molecule has 1 saturated heterocycles. The van der Waals surface area contributed by atoms with Gasteiger partial charge in [-0.15, -0.1) is 10.2 Å². The largest absolute Gasteiger partial charge is 0.507 e. The summed E-state index contributed by atoms with van der Waals surface area (Å²) in [4.78, 5) is 0. The summed E-state index contributed by atoms with van der Waals surface area (Å²) >= 11 is 3.34. The van der Waals surface area contributed by atoms with Gasteiger partial charge >= 0.3 is 0 Å². The highest BCUT2D eigenvalue weighted by Crippen LogP contribution is 2.33. The number of aromatic hydroxyl groups is 1. The number of phenols is 1. The summed E-state index contributed by atoms with van der Waals surface area (Å²) in [5.74, 6) is 0.717. The van der Waals surface area contributed by atoms with Gasteiger partial charge in [0.15, 0.2) is 0 Å². The number of aromatic nitrogens is 4. The summed E-state index contributed by atoms with van der Waals surface area (Å²) in [6.07, 6.45) is 3.75. The van der Waals surface area contributed by atoms with Crippen molar-refractivity contribution in [3.63, 3.8) is 0 Å². The van der Waals surface area contributed by atoms with Gasteiger partial charge in [-0.1, -0.05) is 15.9 Å². The zero-order chi connectivity index (χ0) is 16.5. The molecule has 1 unspecified atom stereocenters. The maximum absolute atomic E-state index is 10.2. The van der Waals surface area contributed by atoms with Gasteiger partial charge in [0, 0.05) is 16.6 Å². The lowest BCUT2D eigenvalue weighted by molar-refractivity contribution is 0.0873. The van der Waals surface area contributed by atoms with Crippen molar-refractivity contribution in [3.05, 3.63) is 34.9 Å². The maximum Gasteiger partial charge on any atom is 0.244 e. The van der Waals surface area contributed by atoms with Gasteiger partial charge in [0.2, 0.25) is 5.95 Å². The lowest BCUT2D eigenvalue weighted by Crippen LogP contribution is -2.31. The molecule has 0 bridgehead atoms. The quantitative estimate of drug-likeness (QED) is 0.716.